The molecule has 2 aliphatic rings. The molecule has 3 heterocycles. The molecule has 0 bridgehead atoms. The van der Waals surface area contributed by atoms with Crippen LogP contribution in [0.25, 0.3) is 0 Å². The minimum atomic E-state index is 0.490. The van der Waals surface area contributed by atoms with E-state index in [-0.39, 0.29) is 0 Å². The molecule has 3 heteroatoms. The molecule has 3 atom stereocenters. The first-order chi connectivity index (χ1) is 10.2. The summed E-state index contributed by atoms with van der Waals surface area (Å²) in [6, 6.07) is 6.29. The Morgan fingerprint density at radius 1 is 1.10 bits per heavy atom. The zero-order valence-electron chi connectivity index (χ0n) is 13.7. The molecule has 1 aromatic heterocycles. The van der Waals surface area contributed by atoms with Crippen LogP contribution in [0, 0.1) is 5.92 Å². The molecule has 2 fully saturated rings. The van der Waals surface area contributed by atoms with E-state index >= 15 is 0 Å². The highest BCUT2D eigenvalue weighted by Gasteiger charge is 2.38. The normalized spacial score (nSPS) is 29.3. The van der Waals surface area contributed by atoms with Gasteiger partial charge in [0, 0.05) is 43.6 Å². The number of pyridine rings is 1. The van der Waals surface area contributed by atoms with Crippen molar-refractivity contribution in [1.82, 2.24) is 14.8 Å². The van der Waals surface area contributed by atoms with E-state index in [4.69, 9.17) is 0 Å². The topological polar surface area (TPSA) is 19.4 Å². The van der Waals surface area contributed by atoms with Gasteiger partial charge in [-0.05, 0) is 49.9 Å². The molecular weight excluding hydrogens is 258 g/mol. The van der Waals surface area contributed by atoms with Gasteiger partial charge >= 0.3 is 0 Å². The van der Waals surface area contributed by atoms with Crippen LogP contribution in [0.15, 0.2) is 24.5 Å². The van der Waals surface area contributed by atoms with Crippen molar-refractivity contribution < 1.29 is 0 Å². The summed E-state index contributed by atoms with van der Waals surface area (Å²) in [7, 11) is 0. The fourth-order valence-electron chi connectivity index (χ4n) is 4.10. The van der Waals surface area contributed by atoms with Crippen molar-refractivity contribution in [3.05, 3.63) is 30.1 Å². The third-order valence-electron chi connectivity index (χ3n) is 5.47. The molecule has 0 amide bonds. The lowest BCUT2D eigenvalue weighted by Gasteiger charge is -2.51. The second kappa shape index (κ2) is 6.45. The number of rotatable bonds is 3. The monoisotopic (exact) mass is 287 g/mol. The molecule has 0 aliphatic carbocycles. The van der Waals surface area contributed by atoms with Gasteiger partial charge in [-0.3, -0.25) is 14.8 Å². The van der Waals surface area contributed by atoms with Crippen LogP contribution in [0.5, 0.6) is 0 Å². The number of aromatic nitrogens is 1. The fourth-order valence-corrected chi connectivity index (χ4v) is 4.10. The molecule has 1 aromatic rings. The lowest BCUT2D eigenvalue weighted by atomic mass is 9.90. The van der Waals surface area contributed by atoms with Crippen LogP contribution in [-0.4, -0.2) is 46.5 Å². The van der Waals surface area contributed by atoms with Crippen molar-refractivity contribution in [3.63, 3.8) is 0 Å². The number of nitrogens with zero attached hydrogens (tertiary/aromatic N) is 3. The molecule has 2 saturated heterocycles. The van der Waals surface area contributed by atoms with Crippen LogP contribution in [0.1, 0.15) is 51.6 Å². The quantitative estimate of drug-likeness (QED) is 0.850. The first-order valence-electron chi connectivity index (χ1n) is 8.56. The molecule has 0 aromatic carbocycles. The largest absolute Gasteiger partial charge is 0.298 e. The van der Waals surface area contributed by atoms with E-state index in [1.807, 2.05) is 12.4 Å². The molecule has 116 valence electrons. The molecule has 21 heavy (non-hydrogen) atoms. The molecule has 3 nitrogen and oxygen atoms in total. The second-order valence-corrected chi connectivity index (χ2v) is 7.11. The van der Waals surface area contributed by atoms with Crippen LogP contribution in [0.2, 0.25) is 0 Å². The molecule has 0 saturated carbocycles. The van der Waals surface area contributed by atoms with Crippen LogP contribution >= 0.6 is 0 Å². The third kappa shape index (κ3) is 3.14. The molecular formula is C18H29N3. The van der Waals surface area contributed by atoms with Gasteiger partial charge in [0.2, 0.25) is 0 Å². The molecule has 0 N–H and O–H groups in total. The summed E-state index contributed by atoms with van der Waals surface area (Å²) >= 11 is 0. The summed E-state index contributed by atoms with van der Waals surface area (Å²) < 4.78 is 0. The Morgan fingerprint density at radius 3 is 2.57 bits per heavy atom. The third-order valence-corrected chi connectivity index (χ3v) is 5.47. The maximum Gasteiger partial charge on any atom is 0.0325 e. The van der Waals surface area contributed by atoms with E-state index in [1.54, 1.807) is 0 Å². The van der Waals surface area contributed by atoms with E-state index < -0.39 is 0 Å². The molecule has 2 aliphatic heterocycles. The average Bonchev–Trinajstić information content (AvgIpc) is 2.53. The number of fused-ring (bicyclic) bond motifs is 1. The van der Waals surface area contributed by atoms with Crippen LogP contribution in [0.4, 0.5) is 0 Å². The predicted octanol–water partition coefficient (Wildman–Crippen LogP) is 3.34. The lowest BCUT2D eigenvalue weighted by molar-refractivity contribution is -0.0272. The van der Waals surface area contributed by atoms with Crippen molar-refractivity contribution in [2.24, 2.45) is 5.92 Å². The molecule has 3 rings (SSSR count). The zero-order valence-corrected chi connectivity index (χ0v) is 13.7. The minimum absolute atomic E-state index is 0.490. The Balaban J connectivity index is 1.80. The minimum Gasteiger partial charge on any atom is -0.298 e. The summed E-state index contributed by atoms with van der Waals surface area (Å²) in [5.41, 5.74) is 1.40. The first kappa shape index (κ1) is 15.0. The standard InChI is InChI=1S/C18H29N3/c1-14(2)18-13-20-11-5-4-6-17(20)12-21(18)15(3)16-7-9-19-10-8-16/h7-10,14-15,17-18H,4-6,11-13H2,1-3H3. The maximum atomic E-state index is 4.17. The summed E-state index contributed by atoms with van der Waals surface area (Å²) in [6.45, 7) is 10.9. The smallest absolute Gasteiger partial charge is 0.0325 e. The summed E-state index contributed by atoms with van der Waals surface area (Å²) in [6.07, 6.45) is 8.02. The zero-order chi connectivity index (χ0) is 14.8. The van der Waals surface area contributed by atoms with E-state index in [0.717, 1.165) is 6.04 Å². The summed E-state index contributed by atoms with van der Waals surface area (Å²) in [5.74, 6) is 0.706. The van der Waals surface area contributed by atoms with Gasteiger partial charge in [-0.15, -0.1) is 0 Å². The average molecular weight is 287 g/mol. The Kier molecular flexibility index (Phi) is 4.60. The van der Waals surface area contributed by atoms with Gasteiger partial charge in [0.15, 0.2) is 0 Å². The Hall–Kier alpha value is -0.930. The van der Waals surface area contributed by atoms with E-state index in [0.29, 0.717) is 18.0 Å². The van der Waals surface area contributed by atoms with Gasteiger partial charge in [-0.2, -0.15) is 0 Å². The van der Waals surface area contributed by atoms with Crippen LogP contribution in [-0.2, 0) is 0 Å². The highest BCUT2D eigenvalue weighted by Crippen LogP contribution is 2.32. The second-order valence-electron chi connectivity index (χ2n) is 7.11. The lowest BCUT2D eigenvalue weighted by Crippen LogP contribution is -2.61. The van der Waals surface area contributed by atoms with E-state index in [1.165, 1.54) is 44.5 Å². The van der Waals surface area contributed by atoms with E-state index in [2.05, 4.69) is 47.7 Å². The number of piperazine rings is 1. The Labute approximate surface area is 129 Å². The van der Waals surface area contributed by atoms with Crippen molar-refractivity contribution in [2.75, 3.05) is 19.6 Å². The number of piperidine rings is 1. The highest BCUT2D eigenvalue weighted by molar-refractivity contribution is 5.15. The van der Waals surface area contributed by atoms with Gasteiger partial charge in [0.05, 0.1) is 0 Å². The Bertz CT molecular complexity index is 445. The van der Waals surface area contributed by atoms with Crippen LogP contribution < -0.4 is 0 Å². The molecule has 0 spiro atoms. The number of hydrogen-bond donors (Lipinski definition) is 0. The van der Waals surface area contributed by atoms with E-state index in [9.17, 15) is 0 Å². The first-order valence-corrected chi connectivity index (χ1v) is 8.56. The molecule has 3 unspecified atom stereocenters. The van der Waals surface area contributed by atoms with Gasteiger partial charge in [-0.25, -0.2) is 0 Å². The SMILES string of the molecule is CC(C)C1CN2CCCCC2CN1C(C)c1ccncc1. The Morgan fingerprint density at radius 2 is 1.86 bits per heavy atom. The molecule has 0 radical (unpaired) electrons. The maximum absolute atomic E-state index is 4.17. The van der Waals surface area contributed by atoms with Crippen molar-refractivity contribution in [1.29, 1.82) is 0 Å². The summed E-state index contributed by atoms with van der Waals surface area (Å²) in [4.78, 5) is 9.68. The van der Waals surface area contributed by atoms with Crippen molar-refractivity contribution in [2.45, 2.75) is 58.2 Å². The van der Waals surface area contributed by atoms with Crippen molar-refractivity contribution >= 4 is 0 Å². The van der Waals surface area contributed by atoms with Gasteiger partial charge < -0.3 is 0 Å². The van der Waals surface area contributed by atoms with Gasteiger partial charge in [0.25, 0.3) is 0 Å². The highest BCUT2D eigenvalue weighted by atomic mass is 15.3. The van der Waals surface area contributed by atoms with Gasteiger partial charge in [0.1, 0.15) is 0 Å². The predicted molar refractivity (Wildman–Crippen MR) is 87.2 cm³/mol. The van der Waals surface area contributed by atoms with Crippen LogP contribution in [0.3, 0.4) is 0 Å². The fraction of sp³-hybridized carbons (Fsp3) is 0.722. The summed E-state index contributed by atoms with van der Waals surface area (Å²) in [5, 5.41) is 0. The van der Waals surface area contributed by atoms with Crippen molar-refractivity contribution in [3.8, 4) is 0 Å². The van der Waals surface area contributed by atoms with Gasteiger partial charge in [-0.1, -0.05) is 20.3 Å². The number of hydrogen-bond acceptors (Lipinski definition) is 3.